The highest BCUT2D eigenvalue weighted by Crippen LogP contribution is 2.24. The number of carbonyl (C=O) groups is 1. The average Bonchev–Trinajstić information content (AvgIpc) is 2.47. The fraction of sp³-hybridized carbons (Fsp3) is 0.533. The fourth-order valence-corrected chi connectivity index (χ4v) is 2.93. The molecule has 18 heavy (non-hydrogen) atoms. The number of carbonyl (C=O) groups excluding carboxylic acids is 1. The van der Waals surface area contributed by atoms with Crippen LogP contribution < -0.4 is 5.32 Å². The summed E-state index contributed by atoms with van der Waals surface area (Å²) in [5.41, 5.74) is 3.47. The molecule has 2 heterocycles. The Bertz CT molecular complexity index is 450. The maximum absolute atomic E-state index is 12.6. The molecule has 2 aliphatic rings. The van der Waals surface area contributed by atoms with E-state index in [9.17, 15) is 4.79 Å². The van der Waals surface area contributed by atoms with Crippen molar-refractivity contribution in [1.29, 1.82) is 0 Å². The van der Waals surface area contributed by atoms with Gasteiger partial charge in [-0.05, 0) is 36.9 Å². The molecule has 0 radical (unpaired) electrons. The van der Waals surface area contributed by atoms with Crippen molar-refractivity contribution < 1.29 is 9.53 Å². The van der Waals surface area contributed by atoms with Gasteiger partial charge in [0.1, 0.15) is 0 Å². The van der Waals surface area contributed by atoms with Crippen LogP contribution >= 0.6 is 0 Å². The van der Waals surface area contributed by atoms with Crippen LogP contribution in [0.25, 0.3) is 0 Å². The summed E-state index contributed by atoms with van der Waals surface area (Å²) in [6.07, 6.45) is 2.94. The summed E-state index contributed by atoms with van der Waals surface area (Å²) in [5.74, 6) is 0.355. The molecule has 0 spiro atoms. The molecule has 3 heteroatoms. The second-order valence-corrected chi connectivity index (χ2v) is 5.15. The Labute approximate surface area is 108 Å². The standard InChI is InChI=1S/C15H19NO2/c17-15(12-4-2-8-18-10-12)14-5-1-3-11-9-16-7-6-13(11)14/h1,3,5,12,16H,2,4,6-10H2. The second-order valence-electron chi connectivity index (χ2n) is 5.15. The third kappa shape index (κ3) is 2.20. The van der Waals surface area contributed by atoms with Crippen molar-refractivity contribution in [2.75, 3.05) is 19.8 Å². The van der Waals surface area contributed by atoms with Crippen LogP contribution in [-0.2, 0) is 17.7 Å². The maximum atomic E-state index is 12.6. The first-order chi connectivity index (χ1) is 8.86. The van der Waals surface area contributed by atoms with Gasteiger partial charge in [-0.2, -0.15) is 0 Å². The normalized spacial score (nSPS) is 23.4. The van der Waals surface area contributed by atoms with E-state index < -0.39 is 0 Å². The minimum atomic E-state index is 0.0696. The zero-order chi connectivity index (χ0) is 12.4. The topological polar surface area (TPSA) is 38.3 Å². The van der Waals surface area contributed by atoms with Crippen LogP contribution in [0.5, 0.6) is 0 Å². The monoisotopic (exact) mass is 245 g/mol. The van der Waals surface area contributed by atoms with Crippen molar-refractivity contribution in [3.8, 4) is 0 Å². The Morgan fingerprint density at radius 1 is 1.39 bits per heavy atom. The highest BCUT2D eigenvalue weighted by Gasteiger charge is 2.26. The minimum Gasteiger partial charge on any atom is -0.381 e. The van der Waals surface area contributed by atoms with Gasteiger partial charge in [0.2, 0.25) is 0 Å². The summed E-state index contributed by atoms with van der Waals surface area (Å²) in [5, 5.41) is 3.35. The van der Waals surface area contributed by atoms with E-state index in [0.717, 1.165) is 44.5 Å². The van der Waals surface area contributed by atoms with Crippen molar-refractivity contribution in [2.24, 2.45) is 5.92 Å². The summed E-state index contributed by atoms with van der Waals surface area (Å²) >= 11 is 0. The van der Waals surface area contributed by atoms with E-state index in [-0.39, 0.29) is 11.7 Å². The lowest BCUT2D eigenvalue weighted by Crippen LogP contribution is -2.29. The molecule has 1 fully saturated rings. The summed E-state index contributed by atoms with van der Waals surface area (Å²) in [7, 11) is 0. The highest BCUT2D eigenvalue weighted by atomic mass is 16.5. The number of Topliss-reactive ketones (excluding diaryl/α,β-unsaturated/α-hetero) is 1. The van der Waals surface area contributed by atoms with Gasteiger partial charge in [-0.3, -0.25) is 4.79 Å². The van der Waals surface area contributed by atoms with Crippen molar-refractivity contribution in [3.63, 3.8) is 0 Å². The lowest BCUT2D eigenvalue weighted by molar-refractivity contribution is 0.0460. The van der Waals surface area contributed by atoms with E-state index in [1.54, 1.807) is 0 Å². The van der Waals surface area contributed by atoms with E-state index in [2.05, 4.69) is 11.4 Å². The number of benzene rings is 1. The molecule has 1 unspecified atom stereocenters. The smallest absolute Gasteiger partial charge is 0.168 e. The van der Waals surface area contributed by atoms with Gasteiger partial charge in [0.25, 0.3) is 0 Å². The van der Waals surface area contributed by atoms with Crippen LogP contribution in [-0.4, -0.2) is 25.5 Å². The molecule has 1 N–H and O–H groups in total. The lowest BCUT2D eigenvalue weighted by Gasteiger charge is -2.24. The van der Waals surface area contributed by atoms with Crippen LogP contribution in [0, 0.1) is 5.92 Å². The Kier molecular flexibility index (Phi) is 3.43. The van der Waals surface area contributed by atoms with Gasteiger partial charge in [-0.25, -0.2) is 0 Å². The van der Waals surface area contributed by atoms with E-state index in [1.165, 1.54) is 11.1 Å². The van der Waals surface area contributed by atoms with Gasteiger partial charge >= 0.3 is 0 Å². The Morgan fingerprint density at radius 2 is 2.33 bits per heavy atom. The molecule has 0 aliphatic carbocycles. The minimum absolute atomic E-state index is 0.0696. The van der Waals surface area contributed by atoms with Crippen LogP contribution in [0.15, 0.2) is 18.2 Å². The van der Waals surface area contributed by atoms with Crippen LogP contribution in [0.3, 0.4) is 0 Å². The highest BCUT2D eigenvalue weighted by molar-refractivity contribution is 5.99. The number of hydrogen-bond donors (Lipinski definition) is 1. The number of rotatable bonds is 2. The number of fused-ring (bicyclic) bond motifs is 1. The summed E-state index contributed by atoms with van der Waals surface area (Å²) in [4.78, 5) is 12.6. The first-order valence-corrected chi connectivity index (χ1v) is 6.79. The third-order valence-electron chi connectivity index (χ3n) is 3.94. The number of nitrogens with one attached hydrogen (secondary N) is 1. The summed E-state index contributed by atoms with van der Waals surface area (Å²) in [6, 6.07) is 6.11. The fourth-order valence-electron chi connectivity index (χ4n) is 2.93. The summed E-state index contributed by atoms with van der Waals surface area (Å²) < 4.78 is 5.44. The average molecular weight is 245 g/mol. The Balaban J connectivity index is 1.89. The predicted octanol–water partition coefficient (Wildman–Crippen LogP) is 1.94. The van der Waals surface area contributed by atoms with Gasteiger partial charge < -0.3 is 10.1 Å². The summed E-state index contributed by atoms with van der Waals surface area (Å²) in [6.45, 7) is 3.26. The molecule has 1 aromatic rings. The van der Waals surface area contributed by atoms with E-state index in [1.807, 2.05) is 12.1 Å². The van der Waals surface area contributed by atoms with Gasteiger partial charge in [0.05, 0.1) is 6.61 Å². The lowest BCUT2D eigenvalue weighted by atomic mass is 9.86. The number of ketones is 1. The van der Waals surface area contributed by atoms with Gasteiger partial charge in [-0.1, -0.05) is 18.2 Å². The molecule has 0 bridgehead atoms. The predicted molar refractivity (Wildman–Crippen MR) is 69.7 cm³/mol. The van der Waals surface area contributed by atoms with E-state index >= 15 is 0 Å². The number of ether oxygens (including phenoxy) is 1. The first kappa shape index (κ1) is 11.9. The Morgan fingerprint density at radius 3 is 3.17 bits per heavy atom. The molecule has 2 aliphatic heterocycles. The number of hydrogen-bond acceptors (Lipinski definition) is 3. The Hall–Kier alpha value is -1.19. The molecule has 1 saturated heterocycles. The van der Waals surface area contributed by atoms with E-state index in [4.69, 9.17) is 4.74 Å². The molecule has 1 atom stereocenters. The van der Waals surface area contributed by atoms with Gasteiger partial charge in [0.15, 0.2) is 5.78 Å². The van der Waals surface area contributed by atoms with Crippen molar-refractivity contribution in [2.45, 2.75) is 25.8 Å². The van der Waals surface area contributed by atoms with Crippen molar-refractivity contribution >= 4 is 5.78 Å². The largest absolute Gasteiger partial charge is 0.381 e. The maximum Gasteiger partial charge on any atom is 0.168 e. The van der Waals surface area contributed by atoms with Crippen molar-refractivity contribution in [3.05, 3.63) is 34.9 Å². The molecule has 0 amide bonds. The zero-order valence-electron chi connectivity index (χ0n) is 10.6. The molecule has 1 aromatic carbocycles. The van der Waals surface area contributed by atoms with E-state index in [0.29, 0.717) is 6.61 Å². The quantitative estimate of drug-likeness (QED) is 0.809. The molecule has 96 valence electrons. The van der Waals surface area contributed by atoms with Crippen LogP contribution in [0.2, 0.25) is 0 Å². The molecule has 3 nitrogen and oxygen atoms in total. The van der Waals surface area contributed by atoms with Crippen LogP contribution in [0.1, 0.15) is 34.3 Å². The first-order valence-electron chi connectivity index (χ1n) is 6.79. The SMILES string of the molecule is O=C(c1cccc2c1CCNC2)C1CCCOC1. The van der Waals surface area contributed by atoms with Crippen LogP contribution in [0.4, 0.5) is 0 Å². The van der Waals surface area contributed by atoms with Gasteiger partial charge in [-0.15, -0.1) is 0 Å². The molecular weight excluding hydrogens is 226 g/mol. The zero-order valence-corrected chi connectivity index (χ0v) is 10.6. The molecule has 0 aromatic heterocycles. The molecular formula is C15H19NO2. The molecule has 0 saturated carbocycles. The third-order valence-corrected chi connectivity index (χ3v) is 3.94. The second kappa shape index (κ2) is 5.21. The van der Waals surface area contributed by atoms with Gasteiger partial charge in [0, 0.05) is 24.6 Å². The van der Waals surface area contributed by atoms with Crippen molar-refractivity contribution in [1.82, 2.24) is 5.32 Å². The molecule has 3 rings (SSSR count).